The molecule has 1 saturated heterocycles. The van der Waals surface area contributed by atoms with E-state index >= 15 is 0 Å². The van der Waals surface area contributed by atoms with Gasteiger partial charge in [0, 0.05) is 29.6 Å². The summed E-state index contributed by atoms with van der Waals surface area (Å²) in [7, 11) is 3.09. The molecule has 2 N–H and O–H groups in total. The minimum atomic E-state index is -1.07. The van der Waals surface area contributed by atoms with Crippen molar-refractivity contribution < 1.29 is 29.0 Å². The van der Waals surface area contributed by atoms with Gasteiger partial charge in [-0.2, -0.15) is 0 Å². The lowest BCUT2D eigenvalue weighted by Crippen LogP contribution is -2.46. The quantitative estimate of drug-likeness (QED) is 0.594. The highest BCUT2D eigenvalue weighted by molar-refractivity contribution is 9.10. The average molecular weight is 469 g/mol. The van der Waals surface area contributed by atoms with Crippen molar-refractivity contribution in [1.29, 1.82) is 0 Å². The van der Waals surface area contributed by atoms with Gasteiger partial charge in [0.25, 0.3) is 0 Å². The maximum absolute atomic E-state index is 12.5. The van der Waals surface area contributed by atoms with Gasteiger partial charge < -0.3 is 24.8 Å². The molecule has 0 spiro atoms. The molecule has 1 heterocycles. The Morgan fingerprint density at radius 3 is 2.34 bits per heavy atom. The highest BCUT2D eigenvalue weighted by atomic mass is 79.9. The van der Waals surface area contributed by atoms with Gasteiger partial charge >= 0.3 is 5.97 Å². The second kappa shape index (κ2) is 10.3. The number of carboxylic acids is 1. The predicted octanol–water partition coefficient (Wildman–Crippen LogP) is 2.31. The van der Waals surface area contributed by atoms with Crippen molar-refractivity contribution >= 4 is 39.8 Å². The standard InChI is InChI=1S/C20H25BrN2O6/c1-12(20(26)27)22-19(25)13-6-8-23(9-7-13)18(24)5-4-14-10-16(28-2)17(29-3)11-15(14)21/h4-5,10-13H,6-9H2,1-3H3,(H,22,25)(H,26,27)/b5-4+. The van der Waals surface area contributed by atoms with E-state index in [9.17, 15) is 14.4 Å². The fourth-order valence-corrected chi connectivity index (χ4v) is 3.47. The smallest absolute Gasteiger partial charge is 0.325 e. The fourth-order valence-electron chi connectivity index (χ4n) is 3.02. The van der Waals surface area contributed by atoms with Crippen LogP contribution >= 0.6 is 15.9 Å². The number of methoxy groups -OCH3 is 2. The number of piperidine rings is 1. The first kappa shape index (κ1) is 22.7. The van der Waals surface area contributed by atoms with Crippen LogP contribution in [0.15, 0.2) is 22.7 Å². The third-order valence-electron chi connectivity index (χ3n) is 4.81. The van der Waals surface area contributed by atoms with Gasteiger partial charge in [0.05, 0.1) is 14.2 Å². The van der Waals surface area contributed by atoms with Crippen LogP contribution in [0.1, 0.15) is 25.3 Å². The summed E-state index contributed by atoms with van der Waals surface area (Å²) in [5.74, 6) is -0.644. The molecule has 0 aromatic heterocycles. The van der Waals surface area contributed by atoms with E-state index in [0.29, 0.717) is 37.4 Å². The second-order valence-corrected chi connectivity index (χ2v) is 7.58. The van der Waals surface area contributed by atoms with Gasteiger partial charge in [-0.25, -0.2) is 0 Å². The van der Waals surface area contributed by atoms with Crippen LogP contribution in [-0.4, -0.2) is 61.1 Å². The third-order valence-corrected chi connectivity index (χ3v) is 5.50. The van der Waals surface area contributed by atoms with Crippen molar-refractivity contribution in [2.45, 2.75) is 25.8 Å². The number of aliphatic carboxylic acids is 1. The number of carbonyl (C=O) groups excluding carboxylic acids is 2. The Labute approximate surface area is 178 Å². The van der Waals surface area contributed by atoms with E-state index in [2.05, 4.69) is 21.2 Å². The summed E-state index contributed by atoms with van der Waals surface area (Å²) in [5, 5.41) is 11.4. The Morgan fingerprint density at radius 1 is 1.21 bits per heavy atom. The molecule has 0 aliphatic carbocycles. The number of amides is 2. The fraction of sp³-hybridized carbons (Fsp3) is 0.450. The van der Waals surface area contributed by atoms with Gasteiger partial charge in [-0.05, 0) is 43.5 Å². The Bertz CT molecular complexity index is 802. The Balaban J connectivity index is 1.95. The molecule has 1 fully saturated rings. The van der Waals surface area contributed by atoms with Crippen LogP contribution in [-0.2, 0) is 14.4 Å². The van der Waals surface area contributed by atoms with E-state index in [0.717, 1.165) is 10.0 Å². The minimum Gasteiger partial charge on any atom is -0.493 e. The molecule has 0 radical (unpaired) electrons. The lowest BCUT2D eigenvalue weighted by molar-refractivity contribution is -0.142. The van der Waals surface area contributed by atoms with Crippen LogP contribution in [0.25, 0.3) is 6.08 Å². The Hall–Kier alpha value is -2.55. The number of carboxylic acid groups (broad SMARTS) is 1. The summed E-state index contributed by atoms with van der Waals surface area (Å²) in [6, 6.07) is 2.61. The molecule has 9 heteroatoms. The highest BCUT2D eigenvalue weighted by Crippen LogP contribution is 2.34. The van der Waals surface area contributed by atoms with Crippen molar-refractivity contribution in [1.82, 2.24) is 10.2 Å². The zero-order valence-corrected chi connectivity index (χ0v) is 18.2. The van der Waals surface area contributed by atoms with E-state index in [1.54, 1.807) is 37.3 Å². The summed E-state index contributed by atoms with van der Waals surface area (Å²) in [6.07, 6.45) is 4.18. The van der Waals surface area contributed by atoms with Gasteiger partial charge in [-0.15, -0.1) is 0 Å². The van der Waals surface area contributed by atoms with E-state index in [4.69, 9.17) is 14.6 Å². The first-order valence-corrected chi connectivity index (χ1v) is 9.97. The van der Waals surface area contributed by atoms with Crippen LogP contribution in [0.2, 0.25) is 0 Å². The number of ether oxygens (including phenoxy) is 2. The number of hydrogen-bond acceptors (Lipinski definition) is 5. The molecule has 1 aliphatic rings. The van der Waals surface area contributed by atoms with Crippen molar-refractivity contribution in [3.05, 3.63) is 28.2 Å². The SMILES string of the molecule is COc1cc(Br)c(/C=C/C(=O)N2CCC(C(=O)NC(C)C(=O)O)CC2)cc1OC. The molecule has 158 valence electrons. The molecule has 1 unspecified atom stereocenters. The monoisotopic (exact) mass is 468 g/mol. The van der Waals surface area contributed by atoms with E-state index in [-0.39, 0.29) is 17.7 Å². The summed E-state index contributed by atoms with van der Waals surface area (Å²) in [4.78, 5) is 37.2. The molecule has 0 bridgehead atoms. The first-order chi connectivity index (χ1) is 13.8. The van der Waals surface area contributed by atoms with E-state index < -0.39 is 12.0 Å². The number of benzene rings is 1. The Kier molecular flexibility index (Phi) is 8.07. The van der Waals surface area contributed by atoms with Crippen molar-refractivity contribution in [3.63, 3.8) is 0 Å². The number of hydrogen-bond donors (Lipinski definition) is 2. The van der Waals surface area contributed by atoms with Gasteiger partial charge in [-0.3, -0.25) is 14.4 Å². The van der Waals surface area contributed by atoms with Crippen LogP contribution in [0.5, 0.6) is 11.5 Å². The minimum absolute atomic E-state index is 0.149. The summed E-state index contributed by atoms with van der Waals surface area (Å²) in [5.41, 5.74) is 0.771. The largest absolute Gasteiger partial charge is 0.493 e. The van der Waals surface area contributed by atoms with Crippen LogP contribution in [0.4, 0.5) is 0 Å². The molecule has 2 rings (SSSR count). The second-order valence-electron chi connectivity index (χ2n) is 6.73. The number of nitrogens with zero attached hydrogens (tertiary/aromatic N) is 1. The van der Waals surface area contributed by atoms with Gasteiger partial charge in [-0.1, -0.05) is 15.9 Å². The summed E-state index contributed by atoms with van der Waals surface area (Å²) < 4.78 is 11.3. The normalized spacial score (nSPS) is 15.8. The number of nitrogens with one attached hydrogen (secondary N) is 1. The topological polar surface area (TPSA) is 105 Å². The summed E-state index contributed by atoms with van der Waals surface area (Å²) in [6.45, 7) is 2.31. The van der Waals surface area contributed by atoms with Gasteiger partial charge in [0.1, 0.15) is 6.04 Å². The lowest BCUT2D eigenvalue weighted by atomic mass is 9.95. The molecule has 1 atom stereocenters. The summed E-state index contributed by atoms with van der Waals surface area (Å²) >= 11 is 3.45. The third kappa shape index (κ3) is 5.96. The van der Waals surface area contributed by atoms with Crippen molar-refractivity contribution in [2.24, 2.45) is 5.92 Å². The first-order valence-electron chi connectivity index (χ1n) is 9.18. The Morgan fingerprint density at radius 2 is 1.79 bits per heavy atom. The van der Waals surface area contributed by atoms with Crippen molar-refractivity contribution in [2.75, 3.05) is 27.3 Å². The highest BCUT2D eigenvalue weighted by Gasteiger charge is 2.28. The molecule has 2 amide bonds. The number of likely N-dealkylation sites (tertiary alicyclic amines) is 1. The lowest BCUT2D eigenvalue weighted by Gasteiger charge is -2.31. The van der Waals surface area contributed by atoms with Crippen LogP contribution < -0.4 is 14.8 Å². The van der Waals surface area contributed by atoms with Crippen LogP contribution in [0.3, 0.4) is 0 Å². The zero-order chi connectivity index (χ0) is 21.6. The molecule has 0 saturated carbocycles. The molecular weight excluding hydrogens is 444 g/mol. The molecule has 1 aliphatic heterocycles. The van der Waals surface area contributed by atoms with E-state index in [1.807, 2.05) is 0 Å². The predicted molar refractivity (Wildman–Crippen MR) is 111 cm³/mol. The van der Waals surface area contributed by atoms with Crippen LogP contribution in [0, 0.1) is 5.92 Å². The molecule has 29 heavy (non-hydrogen) atoms. The maximum Gasteiger partial charge on any atom is 0.325 e. The molecule has 8 nitrogen and oxygen atoms in total. The average Bonchev–Trinajstić information content (AvgIpc) is 2.72. The molecular formula is C20H25BrN2O6. The number of carbonyl (C=O) groups is 3. The zero-order valence-electron chi connectivity index (χ0n) is 16.6. The van der Waals surface area contributed by atoms with Gasteiger partial charge in [0.2, 0.25) is 11.8 Å². The molecule has 1 aromatic carbocycles. The number of rotatable bonds is 7. The molecule has 1 aromatic rings. The number of halogens is 1. The van der Waals surface area contributed by atoms with Gasteiger partial charge in [0.15, 0.2) is 11.5 Å². The van der Waals surface area contributed by atoms with Crippen molar-refractivity contribution in [3.8, 4) is 11.5 Å². The maximum atomic E-state index is 12.5. The van der Waals surface area contributed by atoms with E-state index in [1.165, 1.54) is 13.0 Å².